The van der Waals surface area contributed by atoms with Crippen LogP contribution in [0.2, 0.25) is 0 Å². The molecule has 0 aliphatic carbocycles. The van der Waals surface area contributed by atoms with Gasteiger partial charge in [-0.1, -0.05) is 36.4 Å². The molecule has 2 rings (SSSR count). The molecule has 0 saturated carbocycles. The fraction of sp³-hybridized carbons (Fsp3) is 0.133. The van der Waals surface area contributed by atoms with Gasteiger partial charge in [0.05, 0.1) is 11.6 Å². The van der Waals surface area contributed by atoms with Crippen molar-refractivity contribution in [1.82, 2.24) is 0 Å². The van der Waals surface area contributed by atoms with Crippen molar-refractivity contribution in [2.24, 2.45) is 0 Å². The number of rotatable bonds is 3. The molecule has 0 amide bonds. The Labute approximate surface area is 102 Å². The maximum Gasteiger partial charge on any atom is 0.0995 e. The Bertz CT molecular complexity index is 553. The third-order valence-corrected chi connectivity index (χ3v) is 2.75. The number of nitrogens with one attached hydrogen (secondary N) is 1. The quantitative estimate of drug-likeness (QED) is 0.863. The highest BCUT2D eigenvalue weighted by atomic mass is 14.9. The van der Waals surface area contributed by atoms with Crippen LogP contribution >= 0.6 is 0 Å². The molecule has 0 radical (unpaired) electrons. The first-order chi connectivity index (χ1) is 8.31. The molecule has 17 heavy (non-hydrogen) atoms. The summed E-state index contributed by atoms with van der Waals surface area (Å²) in [6.07, 6.45) is 0. The molecule has 0 atom stereocenters. The van der Waals surface area contributed by atoms with E-state index in [1.54, 1.807) is 0 Å². The number of hydrogen-bond acceptors (Lipinski definition) is 2. The Morgan fingerprint density at radius 2 is 1.76 bits per heavy atom. The minimum absolute atomic E-state index is 0.675. The van der Waals surface area contributed by atoms with Crippen LogP contribution in [0.25, 0.3) is 0 Å². The van der Waals surface area contributed by atoms with Gasteiger partial charge in [-0.25, -0.2) is 0 Å². The van der Waals surface area contributed by atoms with E-state index in [-0.39, 0.29) is 0 Å². The van der Waals surface area contributed by atoms with E-state index in [0.29, 0.717) is 6.54 Å². The molecular formula is C15H14N2. The van der Waals surface area contributed by atoms with Gasteiger partial charge >= 0.3 is 0 Å². The summed E-state index contributed by atoms with van der Waals surface area (Å²) >= 11 is 0. The third kappa shape index (κ3) is 2.64. The van der Waals surface area contributed by atoms with Crippen molar-refractivity contribution >= 4 is 5.69 Å². The lowest BCUT2D eigenvalue weighted by molar-refractivity contribution is 1.13. The van der Waals surface area contributed by atoms with Crippen molar-refractivity contribution in [3.63, 3.8) is 0 Å². The highest BCUT2D eigenvalue weighted by molar-refractivity contribution is 5.51. The predicted octanol–water partition coefficient (Wildman–Crippen LogP) is 3.48. The zero-order chi connectivity index (χ0) is 12.1. The molecule has 0 spiro atoms. The van der Waals surface area contributed by atoms with E-state index in [4.69, 9.17) is 5.26 Å². The Kier molecular flexibility index (Phi) is 3.42. The van der Waals surface area contributed by atoms with Crippen molar-refractivity contribution in [2.45, 2.75) is 13.5 Å². The van der Waals surface area contributed by atoms with Crippen molar-refractivity contribution in [1.29, 1.82) is 5.26 Å². The summed E-state index contributed by atoms with van der Waals surface area (Å²) in [6, 6.07) is 18.0. The van der Waals surface area contributed by atoms with Gasteiger partial charge in [0.2, 0.25) is 0 Å². The lowest BCUT2D eigenvalue weighted by atomic mass is 10.1. The van der Waals surface area contributed by atoms with E-state index in [9.17, 15) is 0 Å². The summed E-state index contributed by atoms with van der Waals surface area (Å²) in [5, 5.41) is 12.3. The van der Waals surface area contributed by atoms with Crippen molar-refractivity contribution in [3.8, 4) is 6.07 Å². The molecule has 0 aliphatic rings. The second-order valence-corrected chi connectivity index (χ2v) is 3.94. The molecule has 84 valence electrons. The lowest BCUT2D eigenvalue weighted by Crippen LogP contribution is -2.02. The average molecular weight is 222 g/mol. The Balaban J connectivity index is 2.13. The van der Waals surface area contributed by atoms with Crippen LogP contribution in [-0.2, 0) is 6.54 Å². The molecule has 2 heteroatoms. The van der Waals surface area contributed by atoms with Gasteiger partial charge in [0.15, 0.2) is 0 Å². The van der Waals surface area contributed by atoms with E-state index in [1.165, 1.54) is 5.56 Å². The van der Waals surface area contributed by atoms with E-state index in [0.717, 1.165) is 16.8 Å². The zero-order valence-electron chi connectivity index (χ0n) is 9.77. The van der Waals surface area contributed by atoms with E-state index in [1.807, 2.05) is 42.5 Å². The third-order valence-electron chi connectivity index (χ3n) is 2.75. The molecule has 2 aromatic rings. The van der Waals surface area contributed by atoms with Gasteiger partial charge in [-0.2, -0.15) is 5.26 Å². The maximum absolute atomic E-state index is 8.99. The van der Waals surface area contributed by atoms with Gasteiger partial charge in [-0.05, 0) is 30.2 Å². The summed E-state index contributed by atoms with van der Waals surface area (Å²) in [4.78, 5) is 0. The van der Waals surface area contributed by atoms with E-state index in [2.05, 4.69) is 24.4 Å². The standard InChI is InChI=1S/C15H14N2/c1-12-6-2-5-9-15(12)17-11-14-8-4-3-7-13(14)10-16/h2-9,17H,11H2,1H3. The van der Waals surface area contributed by atoms with Crippen LogP contribution in [0.15, 0.2) is 48.5 Å². The van der Waals surface area contributed by atoms with E-state index >= 15 is 0 Å². The van der Waals surface area contributed by atoms with Crippen molar-refractivity contribution < 1.29 is 0 Å². The monoisotopic (exact) mass is 222 g/mol. The van der Waals surface area contributed by atoms with Crippen LogP contribution < -0.4 is 5.32 Å². The van der Waals surface area contributed by atoms with Gasteiger partial charge in [0, 0.05) is 12.2 Å². The summed E-state index contributed by atoms with van der Waals surface area (Å²) < 4.78 is 0. The molecule has 2 aromatic carbocycles. The number of nitrogens with zero attached hydrogens (tertiary/aromatic N) is 1. The predicted molar refractivity (Wildman–Crippen MR) is 69.7 cm³/mol. The number of aryl methyl sites for hydroxylation is 1. The topological polar surface area (TPSA) is 35.8 Å². The van der Waals surface area contributed by atoms with Crippen LogP contribution in [0.3, 0.4) is 0 Å². The largest absolute Gasteiger partial charge is 0.381 e. The molecule has 0 aliphatic heterocycles. The first kappa shape index (κ1) is 11.2. The van der Waals surface area contributed by atoms with Crippen LogP contribution in [-0.4, -0.2) is 0 Å². The molecule has 2 nitrogen and oxygen atoms in total. The minimum atomic E-state index is 0.675. The van der Waals surface area contributed by atoms with Gasteiger partial charge in [-0.3, -0.25) is 0 Å². The van der Waals surface area contributed by atoms with Gasteiger partial charge < -0.3 is 5.32 Å². The number of nitriles is 1. The fourth-order valence-electron chi connectivity index (χ4n) is 1.75. The second kappa shape index (κ2) is 5.18. The molecule has 1 N–H and O–H groups in total. The van der Waals surface area contributed by atoms with Crippen molar-refractivity contribution in [3.05, 3.63) is 65.2 Å². The molecule has 0 aromatic heterocycles. The fourth-order valence-corrected chi connectivity index (χ4v) is 1.75. The van der Waals surface area contributed by atoms with Crippen LogP contribution in [0.4, 0.5) is 5.69 Å². The number of anilines is 1. The highest BCUT2D eigenvalue weighted by Gasteiger charge is 2.01. The maximum atomic E-state index is 8.99. The summed E-state index contributed by atoms with van der Waals surface area (Å²) in [7, 11) is 0. The molecule has 0 heterocycles. The first-order valence-corrected chi connectivity index (χ1v) is 5.59. The number of para-hydroxylation sites is 1. The van der Waals surface area contributed by atoms with Gasteiger partial charge in [0.25, 0.3) is 0 Å². The Morgan fingerprint density at radius 1 is 1.06 bits per heavy atom. The summed E-state index contributed by atoms with van der Waals surface area (Å²) in [6.45, 7) is 2.74. The summed E-state index contributed by atoms with van der Waals surface area (Å²) in [5.41, 5.74) is 4.08. The van der Waals surface area contributed by atoms with Gasteiger partial charge in [-0.15, -0.1) is 0 Å². The number of benzene rings is 2. The van der Waals surface area contributed by atoms with Crippen LogP contribution in [0.5, 0.6) is 0 Å². The molecule has 0 fully saturated rings. The second-order valence-electron chi connectivity index (χ2n) is 3.94. The molecule has 0 bridgehead atoms. The molecule has 0 saturated heterocycles. The Hall–Kier alpha value is -2.27. The lowest BCUT2D eigenvalue weighted by Gasteiger charge is -2.10. The molecular weight excluding hydrogens is 208 g/mol. The highest BCUT2D eigenvalue weighted by Crippen LogP contribution is 2.15. The smallest absolute Gasteiger partial charge is 0.0995 e. The van der Waals surface area contributed by atoms with Crippen molar-refractivity contribution in [2.75, 3.05) is 5.32 Å². The Morgan fingerprint density at radius 3 is 2.53 bits per heavy atom. The molecule has 0 unspecified atom stereocenters. The first-order valence-electron chi connectivity index (χ1n) is 5.59. The number of hydrogen-bond donors (Lipinski definition) is 1. The van der Waals surface area contributed by atoms with Crippen LogP contribution in [0.1, 0.15) is 16.7 Å². The van der Waals surface area contributed by atoms with E-state index < -0.39 is 0 Å². The zero-order valence-corrected chi connectivity index (χ0v) is 9.77. The average Bonchev–Trinajstić information content (AvgIpc) is 2.38. The minimum Gasteiger partial charge on any atom is -0.381 e. The van der Waals surface area contributed by atoms with Crippen LogP contribution in [0, 0.1) is 18.3 Å². The summed E-state index contributed by atoms with van der Waals surface area (Å²) in [5.74, 6) is 0. The van der Waals surface area contributed by atoms with Gasteiger partial charge in [0.1, 0.15) is 0 Å². The SMILES string of the molecule is Cc1ccccc1NCc1ccccc1C#N. The normalized spacial score (nSPS) is 9.65.